The van der Waals surface area contributed by atoms with Crippen LogP contribution in [0.1, 0.15) is 31.9 Å². The molecule has 0 atom stereocenters. The van der Waals surface area contributed by atoms with Crippen molar-refractivity contribution >= 4 is 14.1 Å². The number of pyridine rings is 1. The topological polar surface area (TPSA) is 16.1 Å². The molecule has 1 aliphatic rings. The molecule has 0 bridgehead atoms. The van der Waals surface area contributed by atoms with Gasteiger partial charge in [-0.25, -0.2) is 4.98 Å². The van der Waals surface area contributed by atoms with E-state index in [-0.39, 0.29) is 0 Å². The smallest absolute Gasteiger partial charge is 0.157 e. The van der Waals surface area contributed by atoms with Gasteiger partial charge in [0.05, 0.1) is 0 Å². The fourth-order valence-electron chi connectivity index (χ4n) is 2.34. The minimum absolute atomic E-state index is 0.376. The summed E-state index contributed by atoms with van der Waals surface area (Å²) in [5.74, 6) is 1.25. The molecular weight excluding hydrogens is 224 g/mol. The first kappa shape index (κ1) is 12.6. The molecule has 2 nitrogen and oxygen atoms in total. The highest BCUT2D eigenvalue weighted by atomic mass is 28.3. The molecule has 1 aromatic rings. The molecule has 0 aromatic carbocycles. The van der Waals surface area contributed by atoms with Gasteiger partial charge in [-0.15, -0.1) is 0 Å². The van der Waals surface area contributed by atoms with Crippen LogP contribution in [0.4, 0.5) is 5.82 Å². The van der Waals surface area contributed by atoms with Crippen LogP contribution in [0.5, 0.6) is 0 Å². The number of fused-ring (bicyclic) bond motifs is 1. The van der Waals surface area contributed by atoms with Crippen molar-refractivity contribution in [3.05, 3.63) is 23.4 Å². The number of aromatic nitrogens is 1. The molecule has 0 fully saturated rings. The molecule has 0 saturated carbocycles. The third-order valence-electron chi connectivity index (χ3n) is 4.45. The van der Waals surface area contributed by atoms with Crippen molar-refractivity contribution in [2.45, 2.75) is 52.2 Å². The number of hydrogen-bond donors (Lipinski definition) is 0. The molecule has 0 aliphatic carbocycles. The molecule has 0 radical (unpaired) electrons. The van der Waals surface area contributed by atoms with Crippen molar-refractivity contribution in [3.63, 3.8) is 0 Å². The molecule has 0 unspecified atom stereocenters. The van der Waals surface area contributed by atoms with Crippen LogP contribution in [-0.4, -0.2) is 19.8 Å². The molecule has 0 spiro atoms. The maximum absolute atomic E-state index is 4.68. The van der Waals surface area contributed by atoms with Crippen molar-refractivity contribution in [3.8, 4) is 0 Å². The third-order valence-corrected chi connectivity index (χ3v) is 9.91. The lowest BCUT2D eigenvalue weighted by Crippen LogP contribution is -2.54. The lowest BCUT2D eigenvalue weighted by atomic mass is 10.2. The second kappa shape index (κ2) is 3.84. The molecule has 1 aromatic heterocycles. The van der Waals surface area contributed by atoms with Gasteiger partial charge in [0.15, 0.2) is 8.24 Å². The van der Waals surface area contributed by atoms with Gasteiger partial charge in [0, 0.05) is 12.7 Å². The highest BCUT2D eigenvalue weighted by Gasteiger charge is 2.44. The molecule has 0 amide bonds. The zero-order valence-corrected chi connectivity index (χ0v) is 13.0. The standard InChI is InChI=1S/C14H24N2Si/c1-11-9-12-7-8-16(13(12)15-10-11)17(5,6)14(2,3)4/h9-10H,7-8H2,1-6H3. The second-order valence-corrected chi connectivity index (χ2v) is 11.9. The van der Waals surface area contributed by atoms with E-state index in [0.717, 1.165) is 13.0 Å². The van der Waals surface area contributed by atoms with Gasteiger partial charge in [-0.05, 0) is 29.5 Å². The largest absolute Gasteiger partial charge is 0.382 e. The Bertz CT molecular complexity index is 432. The van der Waals surface area contributed by atoms with E-state index in [0.29, 0.717) is 5.04 Å². The highest BCUT2D eigenvalue weighted by Crippen LogP contribution is 2.42. The fraction of sp³-hybridized carbons (Fsp3) is 0.643. The highest BCUT2D eigenvalue weighted by molar-refractivity contribution is 6.83. The predicted octanol–water partition coefficient (Wildman–Crippen LogP) is 3.76. The number of hydrogen-bond acceptors (Lipinski definition) is 2. The van der Waals surface area contributed by atoms with Crippen LogP contribution in [0.15, 0.2) is 12.3 Å². The minimum atomic E-state index is -1.47. The van der Waals surface area contributed by atoms with E-state index < -0.39 is 8.24 Å². The summed E-state index contributed by atoms with van der Waals surface area (Å²) in [6.45, 7) is 15.3. The Morgan fingerprint density at radius 3 is 2.53 bits per heavy atom. The van der Waals surface area contributed by atoms with Crippen LogP contribution in [-0.2, 0) is 6.42 Å². The van der Waals surface area contributed by atoms with Gasteiger partial charge in [0.25, 0.3) is 0 Å². The summed E-state index contributed by atoms with van der Waals surface area (Å²) in [5.41, 5.74) is 2.72. The summed E-state index contributed by atoms with van der Waals surface area (Å²) < 4.78 is 2.61. The maximum Gasteiger partial charge on any atom is 0.157 e. The Morgan fingerprint density at radius 2 is 1.94 bits per heavy atom. The van der Waals surface area contributed by atoms with E-state index in [1.807, 2.05) is 6.20 Å². The van der Waals surface area contributed by atoms with Gasteiger partial charge in [-0.3, -0.25) is 0 Å². The monoisotopic (exact) mass is 248 g/mol. The maximum atomic E-state index is 4.68. The lowest BCUT2D eigenvalue weighted by molar-refractivity contribution is 0.706. The van der Waals surface area contributed by atoms with Gasteiger partial charge in [0.1, 0.15) is 5.82 Å². The van der Waals surface area contributed by atoms with Crippen LogP contribution in [0.2, 0.25) is 18.1 Å². The van der Waals surface area contributed by atoms with Gasteiger partial charge in [-0.1, -0.05) is 39.9 Å². The van der Waals surface area contributed by atoms with Gasteiger partial charge in [-0.2, -0.15) is 0 Å². The average molecular weight is 248 g/mol. The number of rotatable bonds is 1. The van der Waals surface area contributed by atoms with Crippen LogP contribution in [0.3, 0.4) is 0 Å². The SMILES string of the molecule is Cc1cnc2c(c1)CCN2[Si](C)(C)C(C)(C)C. The molecule has 17 heavy (non-hydrogen) atoms. The zero-order valence-electron chi connectivity index (χ0n) is 12.0. The second-order valence-electron chi connectivity index (χ2n) is 6.71. The van der Waals surface area contributed by atoms with E-state index in [1.165, 1.54) is 16.9 Å². The van der Waals surface area contributed by atoms with E-state index in [1.54, 1.807) is 0 Å². The molecule has 2 heterocycles. The first-order chi connectivity index (χ1) is 7.73. The molecule has 1 aliphatic heterocycles. The summed E-state index contributed by atoms with van der Waals surface area (Å²) in [7, 11) is -1.47. The molecule has 0 N–H and O–H groups in total. The normalized spacial score (nSPS) is 16.2. The first-order valence-electron chi connectivity index (χ1n) is 6.46. The molecule has 2 rings (SSSR count). The van der Waals surface area contributed by atoms with Gasteiger partial charge < -0.3 is 4.57 Å². The summed E-state index contributed by atoms with van der Waals surface area (Å²) in [4.78, 5) is 4.68. The van der Waals surface area contributed by atoms with Crippen LogP contribution in [0.25, 0.3) is 0 Å². The fourth-order valence-corrected chi connectivity index (χ4v) is 4.55. The summed E-state index contributed by atoms with van der Waals surface area (Å²) >= 11 is 0. The van der Waals surface area contributed by atoms with Crippen molar-refractivity contribution < 1.29 is 0 Å². The predicted molar refractivity (Wildman–Crippen MR) is 77.2 cm³/mol. The Kier molecular flexibility index (Phi) is 2.85. The summed E-state index contributed by atoms with van der Waals surface area (Å²) in [6.07, 6.45) is 3.17. The Balaban J connectivity index is 2.41. The van der Waals surface area contributed by atoms with Crippen molar-refractivity contribution in [2.24, 2.45) is 0 Å². The number of nitrogens with zero attached hydrogens (tertiary/aromatic N) is 2. The van der Waals surface area contributed by atoms with Crippen LogP contribution >= 0.6 is 0 Å². The van der Waals surface area contributed by atoms with Crippen molar-refractivity contribution in [2.75, 3.05) is 11.1 Å². The molecular formula is C14H24N2Si. The van der Waals surface area contributed by atoms with Crippen molar-refractivity contribution in [1.29, 1.82) is 0 Å². The van der Waals surface area contributed by atoms with E-state index in [4.69, 9.17) is 0 Å². The molecule has 94 valence electrons. The number of aryl methyl sites for hydroxylation is 1. The van der Waals surface area contributed by atoms with Crippen LogP contribution < -0.4 is 4.57 Å². The lowest BCUT2D eigenvalue weighted by Gasteiger charge is -2.44. The zero-order chi connectivity index (χ0) is 12.8. The minimum Gasteiger partial charge on any atom is -0.382 e. The van der Waals surface area contributed by atoms with Crippen molar-refractivity contribution in [1.82, 2.24) is 4.98 Å². The van der Waals surface area contributed by atoms with Gasteiger partial charge in [0.2, 0.25) is 0 Å². The first-order valence-corrected chi connectivity index (χ1v) is 9.41. The number of anilines is 1. The third kappa shape index (κ3) is 2.01. The quantitative estimate of drug-likeness (QED) is 0.704. The van der Waals surface area contributed by atoms with Gasteiger partial charge >= 0.3 is 0 Å². The van der Waals surface area contributed by atoms with E-state index in [9.17, 15) is 0 Å². The van der Waals surface area contributed by atoms with E-state index >= 15 is 0 Å². The Labute approximate surface area is 106 Å². The van der Waals surface area contributed by atoms with Crippen LogP contribution in [0, 0.1) is 6.92 Å². The Morgan fingerprint density at radius 1 is 1.29 bits per heavy atom. The molecule has 0 saturated heterocycles. The Hall–Kier alpha value is -0.833. The van der Waals surface area contributed by atoms with E-state index in [2.05, 4.69) is 56.4 Å². The molecule has 3 heteroatoms. The average Bonchev–Trinajstić information content (AvgIpc) is 2.58. The summed E-state index contributed by atoms with van der Waals surface area (Å²) in [5, 5.41) is 0.376. The summed E-state index contributed by atoms with van der Waals surface area (Å²) in [6, 6.07) is 2.30.